The number of fused-ring (bicyclic) bond motifs is 1. The topological polar surface area (TPSA) is 58.5 Å². The number of amidine groups is 1. The van der Waals surface area contributed by atoms with Crippen LogP contribution in [-0.2, 0) is 16.4 Å². The Kier molecular flexibility index (Phi) is 4.73. The van der Waals surface area contributed by atoms with Gasteiger partial charge in [0.05, 0.1) is 11.4 Å². The molecule has 0 spiro atoms. The molecule has 1 N–H and O–H groups in total. The summed E-state index contributed by atoms with van der Waals surface area (Å²) in [5.74, 6) is 2.83. The second kappa shape index (κ2) is 6.33. The van der Waals surface area contributed by atoms with Crippen LogP contribution in [0.5, 0.6) is 0 Å². The molecule has 0 amide bonds. The van der Waals surface area contributed by atoms with E-state index in [1.165, 1.54) is 11.8 Å². The molecule has 0 saturated heterocycles. The number of aryl methyl sites for hydroxylation is 1. The van der Waals surface area contributed by atoms with Gasteiger partial charge in [-0.25, -0.2) is 0 Å². The number of rotatable bonds is 4. The maximum absolute atomic E-state index is 12.2. The van der Waals surface area contributed by atoms with Gasteiger partial charge in [0.25, 0.3) is 10.0 Å². The molecule has 20 heavy (non-hydrogen) atoms. The van der Waals surface area contributed by atoms with E-state index in [1.807, 2.05) is 6.07 Å². The van der Waals surface area contributed by atoms with Crippen molar-refractivity contribution >= 4 is 32.6 Å². The molecule has 1 aromatic carbocycles. The molecule has 1 aliphatic rings. The molecule has 0 fully saturated rings. The summed E-state index contributed by atoms with van der Waals surface area (Å²) in [6.07, 6.45) is 8.16. The van der Waals surface area contributed by atoms with E-state index in [1.54, 1.807) is 12.1 Å². The lowest BCUT2D eigenvalue weighted by Crippen LogP contribution is -2.19. The van der Waals surface area contributed by atoms with E-state index in [0.29, 0.717) is 16.6 Å². The fourth-order valence-corrected chi connectivity index (χ4v) is 3.86. The van der Waals surface area contributed by atoms with Crippen molar-refractivity contribution in [2.24, 2.45) is 4.40 Å². The largest absolute Gasteiger partial charge is 0.333 e. The maximum atomic E-state index is 12.2. The minimum absolute atomic E-state index is 0.246. The molecular weight excluding hydrogens is 292 g/mol. The van der Waals surface area contributed by atoms with Crippen molar-refractivity contribution in [3.8, 4) is 12.3 Å². The molecule has 4 nitrogen and oxygen atoms in total. The molecule has 0 atom stereocenters. The first-order valence-corrected chi connectivity index (χ1v) is 8.80. The molecule has 0 bridgehead atoms. The Labute approximate surface area is 124 Å². The molecular formula is C14H16N2O2S2. The predicted molar refractivity (Wildman–Crippen MR) is 84.6 cm³/mol. The van der Waals surface area contributed by atoms with Crippen LogP contribution in [0.25, 0.3) is 0 Å². The van der Waals surface area contributed by atoms with Gasteiger partial charge >= 0.3 is 0 Å². The van der Waals surface area contributed by atoms with Gasteiger partial charge in [0.15, 0.2) is 5.17 Å². The number of hydrogen-bond donors (Lipinski definition) is 1. The monoisotopic (exact) mass is 308 g/mol. The Balaban J connectivity index is 2.31. The van der Waals surface area contributed by atoms with Gasteiger partial charge in [0.1, 0.15) is 4.90 Å². The average molecular weight is 308 g/mol. The summed E-state index contributed by atoms with van der Waals surface area (Å²) in [5.41, 5.74) is 1.59. The van der Waals surface area contributed by atoms with E-state index in [4.69, 9.17) is 6.42 Å². The van der Waals surface area contributed by atoms with Gasteiger partial charge in [0.2, 0.25) is 0 Å². The zero-order valence-corrected chi connectivity index (χ0v) is 12.9. The summed E-state index contributed by atoms with van der Waals surface area (Å²) in [6, 6.07) is 5.45. The first kappa shape index (κ1) is 14.9. The van der Waals surface area contributed by atoms with Gasteiger partial charge in [-0.3, -0.25) is 0 Å². The first-order valence-electron chi connectivity index (χ1n) is 6.38. The fraction of sp³-hybridized carbons (Fsp3) is 0.357. The van der Waals surface area contributed by atoms with E-state index in [-0.39, 0.29) is 4.90 Å². The summed E-state index contributed by atoms with van der Waals surface area (Å²) >= 11 is 1.20. The zero-order valence-electron chi connectivity index (χ0n) is 11.2. The highest BCUT2D eigenvalue weighted by atomic mass is 32.2. The highest BCUT2D eigenvalue weighted by Gasteiger charge is 2.25. The molecule has 0 unspecified atom stereocenters. The van der Waals surface area contributed by atoms with Crippen molar-refractivity contribution in [2.45, 2.75) is 31.1 Å². The molecule has 0 aliphatic carbocycles. The molecule has 1 aromatic rings. The van der Waals surface area contributed by atoms with Crippen LogP contribution in [0, 0.1) is 12.3 Å². The van der Waals surface area contributed by atoms with E-state index >= 15 is 0 Å². The molecule has 0 aromatic heterocycles. The van der Waals surface area contributed by atoms with Gasteiger partial charge in [-0.2, -0.15) is 8.42 Å². The van der Waals surface area contributed by atoms with Crippen molar-refractivity contribution in [2.75, 3.05) is 11.1 Å². The van der Waals surface area contributed by atoms with Gasteiger partial charge in [-0.05, 0) is 30.5 Å². The van der Waals surface area contributed by atoms with Crippen LogP contribution >= 0.6 is 11.8 Å². The second-order valence-corrected chi connectivity index (χ2v) is 6.96. The standard InChI is InChI=1S/C14H16N2O2S2/c1-3-5-6-11-7-8-12-13(10-11)20(17,18)16-14(15-12)19-9-4-2/h2,7-8,10H,3,5-6,9H2,1H3,(H,15,16). The van der Waals surface area contributed by atoms with E-state index in [0.717, 1.165) is 24.8 Å². The molecule has 6 heteroatoms. The van der Waals surface area contributed by atoms with Crippen LogP contribution in [0.1, 0.15) is 25.3 Å². The average Bonchev–Trinajstić information content (AvgIpc) is 2.42. The van der Waals surface area contributed by atoms with Crippen LogP contribution in [0.3, 0.4) is 0 Å². The Bertz CT molecular complexity index is 673. The van der Waals surface area contributed by atoms with Crippen LogP contribution in [0.15, 0.2) is 27.5 Å². The van der Waals surface area contributed by atoms with Crippen LogP contribution in [-0.4, -0.2) is 19.3 Å². The highest BCUT2D eigenvalue weighted by Crippen LogP contribution is 2.30. The van der Waals surface area contributed by atoms with Crippen molar-refractivity contribution in [3.63, 3.8) is 0 Å². The van der Waals surface area contributed by atoms with Crippen molar-refractivity contribution in [1.29, 1.82) is 0 Å². The maximum Gasteiger partial charge on any atom is 0.286 e. The van der Waals surface area contributed by atoms with E-state index < -0.39 is 10.0 Å². The number of sulfonamides is 1. The first-order chi connectivity index (χ1) is 9.56. The SMILES string of the molecule is C#CCSC1=NS(=O)(=O)c2cc(CCCC)ccc2N1. The molecule has 106 valence electrons. The van der Waals surface area contributed by atoms with Crippen LogP contribution in [0.4, 0.5) is 5.69 Å². The Hall–Kier alpha value is -1.45. The molecule has 1 aliphatic heterocycles. The predicted octanol–water partition coefficient (Wildman–Crippen LogP) is 2.87. The van der Waals surface area contributed by atoms with Gasteiger partial charge < -0.3 is 5.32 Å². The quantitative estimate of drug-likeness (QED) is 0.869. The number of terminal acetylenes is 1. The third-order valence-corrected chi connectivity index (χ3v) is 5.09. The number of nitrogens with zero attached hydrogens (tertiary/aromatic N) is 1. The fourth-order valence-electron chi connectivity index (χ4n) is 1.89. The summed E-state index contributed by atoms with van der Waals surface area (Å²) in [5, 5.41) is 3.34. The molecule has 0 saturated carbocycles. The van der Waals surface area contributed by atoms with Gasteiger partial charge in [-0.1, -0.05) is 37.1 Å². The Morgan fingerprint density at radius 2 is 2.25 bits per heavy atom. The number of anilines is 1. The third kappa shape index (κ3) is 3.35. The summed E-state index contributed by atoms with van der Waals surface area (Å²) in [7, 11) is -3.63. The Morgan fingerprint density at radius 3 is 2.95 bits per heavy atom. The highest BCUT2D eigenvalue weighted by molar-refractivity contribution is 8.15. The van der Waals surface area contributed by atoms with E-state index in [2.05, 4.69) is 22.6 Å². The molecule has 0 radical (unpaired) electrons. The lowest BCUT2D eigenvalue weighted by Gasteiger charge is -2.18. The van der Waals surface area contributed by atoms with Gasteiger partial charge in [-0.15, -0.1) is 10.8 Å². The van der Waals surface area contributed by atoms with Crippen molar-refractivity contribution in [1.82, 2.24) is 0 Å². The lowest BCUT2D eigenvalue weighted by molar-refractivity contribution is 0.597. The van der Waals surface area contributed by atoms with E-state index in [9.17, 15) is 8.42 Å². The minimum atomic E-state index is -3.63. The normalized spacial score (nSPS) is 15.7. The number of nitrogens with one attached hydrogen (secondary N) is 1. The summed E-state index contributed by atoms with van der Waals surface area (Å²) in [6.45, 7) is 2.11. The van der Waals surface area contributed by atoms with Crippen LogP contribution in [0.2, 0.25) is 0 Å². The number of hydrogen-bond acceptors (Lipinski definition) is 4. The minimum Gasteiger partial charge on any atom is -0.333 e. The van der Waals surface area contributed by atoms with Crippen LogP contribution < -0.4 is 5.32 Å². The second-order valence-electron chi connectivity index (χ2n) is 4.42. The number of thioether (sulfide) groups is 1. The Morgan fingerprint density at radius 1 is 1.45 bits per heavy atom. The van der Waals surface area contributed by atoms with Crippen molar-refractivity contribution < 1.29 is 8.42 Å². The number of benzene rings is 1. The lowest BCUT2D eigenvalue weighted by atomic mass is 10.1. The van der Waals surface area contributed by atoms with Crippen molar-refractivity contribution in [3.05, 3.63) is 23.8 Å². The molecule has 2 rings (SSSR count). The summed E-state index contributed by atoms with van der Waals surface area (Å²) < 4.78 is 28.1. The number of unbranched alkanes of at least 4 members (excludes halogenated alkanes) is 1. The third-order valence-electron chi connectivity index (χ3n) is 2.88. The van der Waals surface area contributed by atoms with Gasteiger partial charge in [0, 0.05) is 0 Å². The summed E-state index contributed by atoms with van der Waals surface area (Å²) in [4.78, 5) is 0.246. The molecule has 1 heterocycles. The smallest absolute Gasteiger partial charge is 0.286 e. The zero-order chi connectivity index (χ0) is 14.6.